The molecule has 0 heterocycles. The largest absolute Gasteiger partial charge is 0.586 e. The van der Waals surface area contributed by atoms with Gasteiger partial charge in [-0.1, -0.05) is 28.2 Å². The fourth-order valence-electron chi connectivity index (χ4n) is 2.25. The monoisotopic (exact) mass is 365 g/mol. The van der Waals surface area contributed by atoms with Crippen molar-refractivity contribution in [1.29, 1.82) is 0 Å². The molecule has 0 aromatic heterocycles. The first-order valence-electron chi connectivity index (χ1n) is 8.08. The number of methoxy groups -OCH3 is 1. The maximum atomic E-state index is 12.2. The van der Waals surface area contributed by atoms with Gasteiger partial charge in [0.2, 0.25) is 0 Å². The van der Waals surface area contributed by atoms with Crippen LogP contribution in [0.4, 0.5) is 0 Å². The van der Waals surface area contributed by atoms with Crippen LogP contribution in [0.3, 0.4) is 0 Å². The van der Waals surface area contributed by atoms with Gasteiger partial charge in [-0.05, 0) is 61.0 Å². The normalized spacial score (nSPS) is 12.1. The lowest BCUT2D eigenvalue weighted by Crippen LogP contribution is -1.97. The summed E-state index contributed by atoms with van der Waals surface area (Å²) in [5.74, 6) is 2.14. The smallest absolute Gasteiger partial charge is 0.182 e. The maximum Gasteiger partial charge on any atom is 0.182 e. The molecule has 0 aliphatic heterocycles. The zero-order chi connectivity index (χ0) is 18.4. The minimum atomic E-state index is -1.41. The van der Waals surface area contributed by atoms with Crippen LogP contribution in [0.15, 0.2) is 82.1 Å². The first kappa shape index (κ1) is 18.0. The summed E-state index contributed by atoms with van der Waals surface area (Å²) in [7, 11) is 1.62. The van der Waals surface area contributed by atoms with Crippen molar-refractivity contribution in [1.82, 2.24) is 0 Å². The number of hydrogen-bond acceptors (Lipinski definition) is 4. The van der Waals surface area contributed by atoms with Gasteiger partial charge in [0.05, 0.1) is 13.3 Å². The lowest BCUT2D eigenvalue weighted by molar-refractivity contribution is 0.409. The lowest BCUT2D eigenvalue weighted by atomic mass is 10.2. The van der Waals surface area contributed by atoms with Gasteiger partial charge in [0.25, 0.3) is 0 Å². The van der Waals surface area contributed by atoms with Crippen LogP contribution in [-0.4, -0.2) is 17.9 Å². The number of aryl methyl sites for hydroxylation is 1. The van der Waals surface area contributed by atoms with E-state index in [2.05, 4.69) is 4.40 Å². The van der Waals surface area contributed by atoms with E-state index >= 15 is 0 Å². The minimum Gasteiger partial charge on any atom is -0.586 e. The molecule has 0 bridgehead atoms. The van der Waals surface area contributed by atoms with E-state index in [4.69, 9.17) is 9.47 Å². The lowest BCUT2D eigenvalue weighted by Gasteiger charge is -2.07. The highest BCUT2D eigenvalue weighted by Gasteiger charge is 2.08. The Bertz CT molecular complexity index is 877. The average Bonchev–Trinajstić information content (AvgIpc) is 2.68. The van der Waals surface area contributed by atoms with E-state index in [1.54, 1.807) is 13.3 Å². The van der Waals surface area contributed by atoms with E-state index in [9.17, 15) is 4.55 Å². The van der Waals surface area contributed by atoms with Crippen molar-refractivity contribution in [3.63, 3.8) is 0 Å². The Hall–Kier alpha value is -2.76. The molecule has 0 fully saturated rings. The molecule has 3 rings (SSSR count). The maximum absolute atomic E-state index is 12.2. The molecule has 1 atom stereocenters. The van der Waals surface area contributed by atoms with E-state index in [1.807, 2.05) is 79.7 Å². The topological polar surface area (TPSA) is 53.9 Å². The Morgan fingerprint density at radius 2 is 1.58 bits per heavy atom. The second kappa shape index (κ2) is 8.56. The van der Waals surface area contributed by atoms with Crippen LogP contribution in [0.1, 0.15) is 11.1 Å². The Morgan fingerprint density at radius 1 is 0.885 bits per heavy atom. The van der Waals surface area contributed by atoms with Gasteiger partial charge in [-0.3, -0.25) is 0 Å². The van der Waals surface area contributed by atoms with E-state index in [0.29, 0.717) is 16.4 Å². The predicted octanol–water partition coefficient (Wildman–Crippen LogP) is 4.94. The summed E-state index contributed by atoms with van der Waals surface area (Å²) in [6, 6.07) is 22.3. The van der Waals surface area contributed by atoms with E-state index in [0.717, 1.165) is 16.9 Å². The molecule has 0 saturated carbocycles. The fourth-order valence-corrected chi connectivity index (χ4v) is 2.96. The Labute approximate surface area is 156 Å². The quantitative estimate of drug-likeness (QED) is 0.459. The molecular weight excluding hydrogens is 346 g/mol. The predicted molar refractivity (Wildman–Crippen MR) is 105 cm³/mol. The third-order valence-corrected chi connectivity index (χ3v) is 4.65. The van der Waals surface area contributed by atoms with Gasteiger partial charge < -0.3 is 14.0 Å². The van der Waals surface area contributed by atoms with Crippen LogP contribution in [0.2, 0.25) is 0 Å². The van der Waals surface area contributed by atoms with Crippen molar-refractivity contribution >= 4 is 17.6 Å². The number of hydrogen-bond donors (Lipinski definition) is 0. The molecule has 0 radical (unpaired) electrons. The zero-order valence-corrected chi connectivity index (χ0v) is 15.4. The molecule has 1 unspecified atom stereocenters. The molecule has 132 valence electrons. The average molecular weight is 365 g/mol. The van der Waals surface area contributed by atoms with Gasteiger partial charge in [0.15, 0.2) is 4.90 Å². The molecule has 0 spiro atoms. The van der Waals surface area contributed by atoms with Gasteiger partial charge in [0, 0.05) is 6.07 Å². The molecule has 3 aromatic carbocycles. The summed E-state index contributed by atoms with van der Waals surface area (Å²) in [5, 5.41) is 0. The molecule has 4 nitrogen and oxygen atoms in total. The summed E-state index contributed by atoms with van der Waals surface area (Å²) >= 11 is -1.41. The molecule has 26 heavy (non-hydrogen) atoms. The number of ether oxygens (including phenoxy) is 2. The molecule has 3 aromatic rings. The summed E-state index contributed by atoms with van der Waals surface area (Å²) in [6.45, 7) is 1.99. The van der Waals surface area contributed by atoms with Crippen molar-refractivity contribution in [3.05, 3.63) is 83.9 Å². The summed E-state index contributed by atoms with van der Waals surface area (Å²) in [6.07, 6.45) is 1.60. The van der Waals surface area contributed by atoms with Crippen molar-refractivity contribution in [3.8, 4) is 17.2 Å². The van der Waals surface area contributed by atoms with Crippen LogP contribution in [0, 0.1) is 6.92 Å². The summed E-state index contributed by atoms with van der Waals surface area (Å²) in [4.78, 5) is 0.685. The minimum absolute atomic E-state index is 0.685. The van der Waals surface area contributed by atoms with Crippen molar-refractivity contribution in [2.24, 2.45) is 4.40 Å². The zero-order valence-electron chi connectivity index (χ0n) is 14.6. The number of rotatable bonds is 6. The number of benzene rings is 3. The van der Waals surface area contributed by atoms with Crippen LogP contribution in [-0.2, 0) is 11.4 Å². The SMILES string of the molecule is COc1cccc(Oc2ccc(C=N[S+]([O-])c3ccc(C)cc3)cc2)c1. The van der Waals surface area contributed by atoms with Crippen molar-refractivity contribution < 1.29 is 14.0 Å². The van der Waals surface area contributed by atoms with Crippen LogP contribution >= 0.6 is 0 Å². The number of nitrogens with zero attached hydrogens (tertiary/aromatic N) is 1. The Kier molecular flexibility index (Phi) is 5.94. The molecule has 0 saturated heterocycles. The molecule has 0 aliphatic rings. The van der Waals surface area contributed by atoms with Gasteiger partial charge in [-0.15, -0.1) is 0 Å². The fraction of sp³-hybridized carbons (Fsp3) is 0.0952. The standard InChI is InChI=1S/C21H19NO3S/c1-16-6-12-21(13-7-16)26(23)22-15-17-8-10-18(11-9-17)25-20-5-3-4-19(14-20)24-2/h3-15H,1-2H3. The highest BCUT2D eigenvalue weighted by Crippen LogP contribution is 2.25. The first-order valence-corrected chi connectivity index (χ1v) is 9.19. The van der Waals surface area contributed by atoms with Gasteiger partial charge >= 0.3 is 0 Å². The molecule has 0 N–H and O–H groups in total. The molecular formula is C21H19NO3S. The van der Waals surface area contributed by atoms with Crippen LogP contribution < -0.4 is 9.47 Å². The van der Waals surface area contributed by atoms with Crippen molar-refractivity contribution in [2.45, 2.75) is 11.8 Å². The van der Waals surface area contributed by atoms with Crippen molar-refractivity contribution in [2.75, 3.05) is 7.11 Å². The Balaban J connectivity index is 1.64. The van der Waals surface area contributed by atoms with Gasteiger partial charge in [0.1, 0.15) is 28.6 Å². The first-order chi connectivity index (χ1) is 12.6. The van der Waals surface area contributed by atoms with E-state index < -0.39 is 11.4 Å². The summed E-state index contributed by atoms with van der Waals surface area (Å²) < 4.78 is 27.3. The molecule has 5 heteroatoms. The molecule has 0 aliphatic carbocycles. The van der Waals surface area contributed by atoms with E-state index in [1.165, 1.54) is 0 Å². The van der Waals surface area contributed by atoms with Crippen LogP contribution in [0.25, 0.3) is 0 Å². The van der Waals surface area contributed by atoms with Crippen LogP contribution in [0.5, 0.6) is 17.2 Å². The highest BCUT2D eigenvalue weighted by atomic mass is 32.2. The summed E-state index contributed by atoms with van der Waals surface area (Å²) in [5.41, 5.74) is 1.98. The Morgan fingerprint density at radius 3 is 2.27 bits per heavy atom. The third-order valence-electron chi connectivity index (χ3n) is 3.68. The molecule has 0 amide bonds. The third kappa shape index (κ3) is 4.88. The second-order valence-corrected chi connectivity index (χ2v) is 6.83. The second-order valence-electron chi connectivity index (χ2n) is 5.65. The highest BCUT2D eigenvalue weighted by molar-refractivity contribution is 7.90. The van der Waals surface area contributed by atoms with Gasteiger partial charge in [-0.25, -0.2) is 0 Å². The van der Waals surface area contributed by atoms with Gasteiger partial charge in [-0.2, -0.15) is 0 Å². The van der Waals surface area contributed by atoms with E-state index in [-0.39, 0.29) is 0 Å².